The molecule has 6 nitrogen and oxygen atoms in total. The molecule has 1 atom stereocenters. The SMILES string of the molecule is O=C(OCCCF)N1CCCC(O)(C2(C(=O)O)CCC2)C1. The molecule has 1 aliphatic heterocycles. The number of β-amino-alcohol motifs (C(OH)–C–C–N with tert-alkyl or cyclic N) is 1. The number of rotatable bonds is 5. The molecule has 1 aliphatic carbocycles. The Morgan fingerprint density at radius 1 is 1.24 bits per heavy atom. The lowest BCUT2D eigenvalue weighted by Gasteiger charge is -2.53. The minimum absolute atomic E-state index is 0.00562. The number of amides is 1. The molecule has 1 saturated carbocycles. The largest absolute Gasteiger partial charge is 0.481 e. The van der Waals surface area contributed by atoms with Gasteiger partial charge in [0.2, 0.25) is 0 Å². The van der Waals surface area contributed by atoms with Gasteiger partial charge in [-0.3, -0.25) is 9.18 Å². The van der Waals surface area contributed by atoms with Crippen molar-refractivity contribution in [1.29, 1.82) is 0 Å². The summed E-state index contributed by atoms with van der Waals surface area (Å²) >= 11 is 0. The van der Waals surface area contributed by atoms with Crippen molar-refractivity contribution in [1.82, 2.24) is 4.90 Å². The average molecular weight is 303 g/mol. The predicted molar refractivity (Wildman–Crippen MR) is 71.6 cm³/mol. The highest BCUT2D eigenvalue weighted by Gasteiger charge is 2.60. The van der Waals surface area contributed by atoms with E-state index in [0.29, 0.717) is 32.2 Å². The summed E-state index contributed by atoms with van der Waals surface area (Å²) in [6.45, 7) is -0.173. The third-order valence-corrected chi connectivity index (χ3v) is 4.74. The van der Waals surface area contributed by atoms with Gasteiger partial charge in [0.15, 0.2) is 0 Å². The second kappa shape index (κ2) is 6.17. The highest BCUT2D eigenvalue weighted by molar-refractivity contribution is 5.78. The Labute approximate surface area is 122 Å². The fourth-order valence-electron chi connectivity index (χ4n) is 3.30. The quantitative estimate of drug-likeness (QED) is 0.753. The van der Waals surface area contributed by atoms with Crippen molar-refractivity contribution >= 4 is 12.1 Å². The second-order valence-corrected chi connectivity index (χ2v) is 5.95. The van der Waals surface area contributed by atoms with Crippen LogP contribution in [0.3, 0.4) is 0 Å². The van der Waals surface area contributed by atoms with Crippen LogP contribution in [0.15, 0.2) is 0 Å². The van der Waals surface area contributed by atoms with Crippen LogP contribution in [0.25, 0.3) is 0 Å². The molecule has 1 heterocycles. The van der Waals surface area contributed by atoms with Crippen molar-refractivity contribution in [2.24, 2.45) is 5.41 Å². The van der Waals surface area contributed by atoms with Crippen molar-refractivity contribution in [2.45, 2.75) is 44.1 Å². The maximum atomic E-state index is 12.0. The van der Waals surface area contributed by atoms with Crippen LogP contribution in [0.5, 0.6) is 0 Å². The Hall–Kier alpha value is -1.37. The van der Waals surface area contributed by atoms with Crippen molar-refractivity contribution in [3.63, 3.8) is 0 Å². The number of halogens is 1. The molecule has 2 N–H and O–H groups in total. The molecule has 0 radical (unpaired) electrons. The molecular weight excluding hydrogens is 281 g/mol. The molecule has 0 aromatic carbocycles. The number of aliphatic hydroxyl groups is 1. The van der Waals surface area contributed by atoms with Gasteiger partial charge in [0, 0.05) is 13.0 Å². The first-order valence-electron chi connectivity index (χ1n) is 7.39. The van der Waals surface area contributed by atoms with E-state index in [4.69, 9.17) is 4.74 Å². The van der Waals surface area contributed by atoms with Crippen LogP contribution in [-0.4, -0.2) is 59.1 Å². The lowest BCUT2D eigenvalue weighted by molar-refractivity contribution is -0.193. The topological polar surface area (TPSA) is 87.1 Å². The van der Waals surface area contributed by atoms with Gasteiger partial charge in [-0.25, -0.2) is 4.79 Å². The fraction of sp³-hybridized carbons (Fsp3) is 0.857. The van der Waals surface area contributed by atoms with Gasteiger partial charge in [-0.2, -0.15) is 0 Å². The molecule has 2 fully saturated rings. The fourth-order valence-corrected chi connectivity index (χ4v) is 3.30. The zero-order valence-corrected chi connectivity index (χ0v) is 12.0. The highest BCUT2D eigenvalue weighted by Crippen LogP contribution is 2.52. The molecule has 0 spiro atoms. The first-order valence-corrected chi connectivity index (χ1v) is 7.39. The molecule has 1 unspecified atom stereocenters. The van der Waals surface area contributed by atoms with E-state index < -0.39 is 29.8 Å². The molecule has 21 heavy (non-hydrogen) atoms. The smallest absolute Gasteiger partial charge is 0.409 e. The summed E-state index contributed by atoms with van der Waals surface area (Å²) in [7, 11) is 0. The summed E-state index contributed by atoms with van der Waals surface area (Å²) in [4.78, 5) is 24.8. The zero-order chi connectivity index (χ0) is 15.5. The van der Waals surface area contributed by atoms with Gasteiger partial charge in [-0.05, 0) is 25.7 Å². The number of carbonyl (C=O) groups excluding carboxylic acids is 1. The van der Waals surface area contributed by atoms with Crippen LogP contribution in [0.4, 0.5) is 9.18 Å². The Bertz CT molecular complexity index is 412. The van der Waals surface area contributed by atoms with Gasteiger partial charge in [0.1, 0.15) is 0 Å². The van der Waals surface area contributed by atoms with E-state index in [2.05, 4.69) is 0 Å². The van der Waals surface area contributed by atoms with E-state index >= 15 is 0 Å². The normalized spacial score (nSPS) is 27.8. The average Bonchev–Trinajstić information content (AvgIpc) is 2.36. The molecule has 120 valence electrons. The Kier molecular flexibility index (Phi) is 4.70. The van der Waals surface area contributed by atoms with E-state index in [1.807, 2.05) is 0 Å². The molecule has 2 aliphatic rings. The van der Waals surface area contributed by atoms with Gasteiger partial charge in [0.25, 0.3) is 0 Å². The first kappa shape index (κ1) is 16.0. The summed E-state index contributed by atoms with van der Waals surface area (Å²) in [6.07, 6.45) is 2.07. The van der Waals surface area contributed by atoms with Crippen LogP contribution in [0, 0.1) is 5.41 Å². The molecule has 1 saturated heterocycles. The molecule has 7 heteroatoms. The number of likely N-dealkylation sites (tertiary alicyclic amines) is 1. The van der Waals surface area contributed by atoms with Crippen LogP contribution in [0.1, 0.15) is 38.5 Å². The summed E-state index contributed by atoms with van der Waals surface area (Å²) < 4.78 is 16.9. The maximum absolute atomic E-state index is 12.0. The number of carboxylic acid groups (broad SMARTS) is 1. The number of hydrogen-bond donors (Lipinski definition) is 2. The second-order valence-electron chi connectivity index (χ2n) is 5.95. The standard InChI is InChI=1S/C14H22FNO5/c15-7-3-9-21-12(19)16-8-2-6-14(20,10-16)13(11(17)18)4-1-5-13/h20H,1-10H2,(H,17,18). The summed E-state index contributed by atoms with van der Waals surface area (Å²) in [5.74, 6) is -0.996. The Morgan fingerprint density at radius 2 is 1.95 bits per heavy atom. The molecule has 0 aromatic heterocycles. The third-order valence-electron chi connectivity index (χ3n) is 4.74. The van der Waals surface area contributed by atoms with Gasteiger partial charge >= 0.3 is 12.1 Å². The van der Waals surface area contributed by atoms with Crippen LogP contribution in [0.2, 0.25) is 0 Å². The number of ether oxygens (including phenoxy) is 1. The minimum atomic E-state index is -1.41. The molecule has 0 bridgehead atoms. The van der Waals surface area contributed by atoms with Gasteiger partial charge < -0.3 is 19.8 Å². The number of alkyl halides is 1. The van der Waals surface area contributed by atoms with Crippen molar-refractivity contribution in [2.75, 3.05) is 26.4 Å². The number of piperidine rings is 1. The Morgan fingerprint density at radius 3 is 2.48 bits per heavy atom. The summed E-state index contributed by atoms with van der Waals surface area (Å²) in [5.41, 5.74) is -2.56. The number of nitrogens with zero attached hydrogens (tertiary/aromatic N) is 1. The van der Waals surface area contributed by atoms with Crippen molar-refractivity contribution in [3.8, 4) is 0 Å². The number of hydrogen-bond acceptors (Lipinski definition) is 4. The van der Waals surface area contributed by atoms with Crippen molar-refractivity contribution < 1.29 is 28.9 Å². The summed E-state index contributed by atoms with van der Waals surface area (Å²) in [5, 5.41) is 20.3. The van der Waals surface area contributed by atoms with E-state index in [1.54, 1.807) is 0 Å². The minimum Gasteiger partial charge on any atom is -0.481 e. The number of aliphatic carboxylic acids is 1. The highest BCUT2D eigenvalue weighted by atomic mass is 19.1. The predicted octanol–water partition coefficient (Wildman–Crippen LogP) is 1.56. The Balaban J connectivity index is 2.02. The lowest BCUT2D eigenvalue weighted by atomic mass is 9.56. The van der Waals surface area contributed by atoms with Gasteiger partial charge in [-0.1, -0.05) is 6.42 Å². The monoisotopic (exact) mass is 303 g/mol. The van der Waals surface area contributed by atoms with Gasteiger partial charge in [-0.15, -0.1) is 0 Å². The summed E-state index contributed by atoms with van der Waals surface area (Å²) in [6, 6.07) is 0. The zero-order valence-electron chi connectivity index (χ0n) is 12.0. The van der Waals surface area contributed by atoms with Crippen LogP contribution >= 0.6 is 0 Å². The first-order chi connectivity index (χ1) is 9.95. The van der Waals surface area contributed by atoms with E-state index in [1.165, 1.54) is 4.90 Å². The number of carboxylic acids is 1. The van der Waals surface area contributed by atoms with Gasteiger partial charge in [0.05, 0.1) is 30.8 Å². The van der Waals surface area contributed by atoms with Crippen LogP contribution < -0.4 is 0 Å². The van der Waals surface area contributed by atoms with E-state index in [-0.39, 0.29) is 19.6 Å². The molecular formula is C14H22FNO5. The van der Waals surface area contributed by atoms with E-state index in [0.717, 1.165) is 6.42 Å². The molecule has 1 amide bonds. The molecule has 2 rings (SSSR count). The van der Waals surface area contributed by atoms with Crippen LogP contribution in [-0.2, 0) is 9.53 Å². The van der Waals surface area contributed by atoms with E-state index in [9.17, 15) is 24.2 Å². The lowest BCUT2D eigenvalue weighted by Crippen LogP contribution is -2.64. The van der Waals surface area contributed by atoms with Crippen molar-refractivity contribution in [3.05, 3.63) is 0 Å². The third kappa shape index (κ3) is 2.84. The number of carbonyl (C=O) groups is 2. The maximum Gasteiger partial charge on any atom is 0.409 e. The molecule has 0 aromatic rings.